The first-order valence-corrected chi connectivity index (χ1v) is 11.3. The Hall–Kier alpha value is -2.61. The second kappa shape index (κ2) is 11.7. The van der Waals surface area contributed by atoms with E-state index in [2.05, 4.69) is 32.7 Å². The number of hydrogen-bond acceptors (Lipinski definition) is 4. The SMILES string of the molecule is CN=C(NCCN1CCN(C(C)=O)CC1)NCC1CC(=O)N(CCc2ccccc2)C1. The Morgan fingerprint density at radius 1 is 1.10 bits per heavy atom. The number of piperazine rings is 1. The van der Waals surface area contributed by atoms with Gasteiger partial charge in [0.15, 0.2) is 5.96 Å². The highest BCUT2D eigenvalue weighted by molar-refractivity contribution is 5.80. The van der Waals surface area contributed by atoms with Gasteiger partial charge in [0.1, 0.15) is 0 Å². The number of guanidine groups is 1. The Morgan fingerprint density at radius 2 is 1.84 bits per heavy atom. The maximum atomic E-state index is 12.4. The molecule has 2 heterocycles. The number of hydrogen-bond donors (Lipinski definition) is 2. The van der Waals surface area contributed by atoms with Gasteiger partial charge in [-0.25, -0.2) is 0 Å². The molecule has 0 aromatic heterocycles. The Morgan fingerprint density at radius 3 is 2.52 bits per heavy atom. The van der Waals surface area contributed by atoms with Crippen LogP contribution in [0.1, 0.15) is 18.9 Å². The summed E-state index contributed by atoms with van der Waals surface area (Å²) in [6, 6.07) is 10.3. The number of carbonyl (C=O) groups excluding carboxylic acids is 2. The zero-order chi connectivity index (χ0) is 22.1. The maximum Gasteiger partial charge on any atom is 0.223 e. The van der Waals surface area contributed by atoms with Crippen molar-refractivity contribution in [3.63, 3.8) is 0 Å². The van der Waals surface area contributed by atoms with Crippen molar-refractivity contribution < 1.29 is 9.59 Å². The standard InChI is InChI=1S/C23H36N6O2/c1-19(30)28-14-12-27(13-15-28)11-9-25-23(24-2)26-17-21-16-22(31)29(18-21)10-8-20-6-4-3-5-7-20/h3-7,21H,8-18H2,1-2H3,(H2,24,25,26). The van der Waals surface area contributed by atoms with Crippen LogP contribution in [-0.2, 0) is 16.0 Å². The Bertz CT molecular complexity index is 746. The lowest BCUT2D eigenvalue weighted by Gasteiger charge is -2.34. The van der Waals surface area contributed by atoms with E-state index in [9.17, 15) is 9.59 Å². The summed E-state index contributed by atoms with van der Waals surface area (Å²) in [6.45, 7) is 9.11. The lowest BCUT2D eigenvalue weighted by atomic mass is 10.1. The lowest BCUT2D eigenvalue weighted by molar-refractivity contribution is -0.130. The maximum absolute atomic E-state index is 12.4. The van der Waals surface area contributed by atoms with Crippen molar-refractivity contribution in [3.8, 4) is 0 Å². The topological polar surface area (TPSA) is 80.3 Å². The molecule has 3 rings (SSSR count). The van der Waals surface area contributed by atoms with Gasteiger partial charge in [-0.1, -0.05) is 30.3 Å². The molecule has 2 amide bonds. The van der Waals surface area contributed by atoms with E-state index in [0.29, 0.717) is 12.3 Å². The number of likely N-dealkylation sites (tertiary alicyclic amines) is 1. The summed E-state index contributed by atoms with van der Waals surface area (Å²) in [4.78, 5) is 34.3. The molecule has 0 radical (unpaired) electrons. The van der Waals surface area contributed by atoms with Gasteiger partial charge in [0.05, 0.1) is 0 Å². The zero-order valence-electron chi connectivity index (χ0n) is 18.8. The number of aliphatic imine (C=N–C) groups is 1. The molecule has 170 valence electrons. The van der Waals surface area contributed by atoms with Gasteiger partial charge in [0.2, 0.25) is 11.8 Å². The first-order valence-electron chi connectivity index (χ1n) is 11.3. The number of carbonyl (C=O) groups is 2. The third-order valence-electron chi connectivity index (χ3n) is 6.13. The van der Waals surface area contributed by atoms with Crippen LogP contribution in [0.2, 0.25) is 0 Å². The fourth-order valence-corrected chi connectivity index (χ4v) is 4.20. The summed E-state index contributed by atoms with van der Waals surface area (Å²) in [5.41, 5.74) is 1.27. The molecule has 31 heavy (non-hydrogen) atoms. The number of nitrogens with one attached hydrogen (secondary N) is 2. The average Bonchev–Trinajstić information content (AvgIpc) is 3.15. The number of nitrogens with zero attached hydrogens (tertiary/aromatic N) is 4. The van der Waals surface area contributed by atoms with Crippen molar-refractivity contribution in [3.05, 3.63) is 35.9 Å². The summed E-state index contributed by atoms with van der Waals surface area (Å²) in [6.07, 6.45) is 1.50. The summed E-state index contributed by atoms with van der Waals surface area (Å²) in [5, 5.41) is 6.74. The van der Waals surface area contributed by atoms with Gasteiger partial charge in [0, 0.05) is 85.2 Å². The minimum Gasteiger partial charge on any atom is -0.356 e. The molecule has 1 unspecified atom stereocenters. The normalized spacial score (nSPS) is 20.3. The van der Waals surface area contributed by atoms with Crippen LogP contribution in [0.4, 0.5) is 0 Å². The lowest BCUT2D eigenvalue weighted by Crippen LogP contribution is -2.50. The molecule has 2 N–H and O–H groups in total. The molecule has 2 saturated heterocycles. The number of amides is 2. The van der Waals surface area contributed by atoms with Crippen LogP contribution >= 0.6 is 0 Å². The van der Waals surface area contributed by atoms with Crippen molar-refractivity contribution in [2.75, 3.05) is 66.0 Å². The second-order valence-electron chi connectivity index (χ2n) is 8.37. The van der Waals surface area contributed by atoms with Crippen LogP contribution in [-0.4, -0.2) is 98.4 Å². The highest BCUT2D eigenvalue weighted by atomic mass is 16.2. The van der Waals surface area contributed by atoms with E-state index in [1.165, 1.54) is 5.56 Å². The summed E-state index contributed by atoms with van der Waals surface area (Å²) >= 11 is 0. The summed E-state index contributed by atoms with van der Waals surface area (Å²) in [5.74, 6) is 1.49. The first-order chi connectivity index (χ1) is 15.0. The van der Waals surface area contributed by atoms with E-state index in [1.54, 1.807) is 14.0 Å². The molecule has 0 spiro atoms. The van der Waals surface area contributed by atoms with Gasteiger partial charge >= 0.3 is 0 Å². The van der Waals surface area contributed by atoms with Crippen LogP contribution in [0, 0.1) is 5.92 Å². The molecular formula is C23H36N6O2. The molecule has 1 aromatic carbocycles. The zero-order valence-corrected chi connectivity index (χ0v) is 18.8. The first kappa shape index (κ1) is 23.1. The second-order valence-corrected chi connectivity index (χ2v) is 8.37. The van der Waals surface area contributed by atoms with E-state index in [-0.39, 0.29) is 11.8 Å². The molecule has 8 heteroatoms. The quantitative estimate of drug-likeness (QED) is 0.463. The molecule has 0 bridgehead atoms. The van der Waals surface area contributed by atoms with Gasteiger partial charge in [-0.3, -0.25) is 19.5 Å². The van der Waals surface area contributed by atoms with E-state index < -0.39 is 0 Å². The summed E-state index contributed by atoms with van der Waals surface area (Å²) < 4.78 is 0. The fourth-order valence-electron chi connectivity index (χ4n) is 4.20. The van der Waals surface area contributed by atoms with Crippen LogP contribution in [0.25, 0.3) is 0 Å². The molecule has 2 aliphatic heterocycles. The van der Waals surface area contributed by atoms with Gasteiger partial charge in [-0.05, 0) is 12.0 Å². The molecule has 2 fully saturated rings. The average molecular weight is 429 g/mol. The van der Waals surface area contributed by atoms with E-state index in [4.69, 9.17) is 0 Å². The molecular weight excluding hydrogens is 392 g/mol. The van der Waals surface area contributed by atoms with E-state index in [1.807, 2.05) is 28.0 Å². The smallest absolute Gasteiger partial charge is 0.223 e. The molecule has 1 aromatic rings. The number of rotatable bonds is 8. The van der Waals surface area contributed by atoms with Crippen molar-refractivity contribution in [1.82, 2.24) is 25.3 Å². The number of benzene rings is 1. The predicted molar refractivity (Wildman–Crippen MR) is 123 cm³/mol. The summed E-state index contributed by atoms with van der Waals surface area (Å²) in [7, 11) is 1.77. The molecule has 0 saturated carbocycles. The van der Waals surface area contributed by atoms with Crippen molar-refractivity contribution in [1.29, 1.82) is 0 Å². The molecule has 0 aliphatic carbocycles. The van der Waals surface area contributed by atoms with E-state index >= 15 is 0 Å². The van der Waals surface area contributed by atoms with Gasteiger partial charge in [0.25, 0.3) is 0 Å². The van der Waals surface area contributed by atoms with E-state index in [0.717, 1.165) is 71.3 Å². The predicted octanol–water partition coefficient (Wildman–Crippen LogP) is 0.407. The highest BCUT2D eigenvalue weighted by Crippen LogP contribution is 2.17. The Labute approximate surface area is 185 Å². The van der Waals surface area contributed by atoms with Crippen molar-refractivity contribution in [2.45, 2.75) is 19.8 Å². The third kappa shape index (κ3) is 7.24. The monoisotopic (exact) mass is 428 g/mol. The Kier molecular flexibility index (Phi) is 8.70. The minimum atomic E-state index is 0.159. The van der Waals surface area contributed by atoms with Crippen molar-refractivity contribution >= 4 is 17.8 Å². The largest absolute Gasteiger partial charge is 0.356 e. The van der Waals surface area contributed by atoms with Crippen molar-refractivity contribution in [2.24, 2.45) is 10.9 Å². The molecule has 1 atom stereocenters. The Balaban J connectivity index is 1.31. The van der Waals surface area contributed by atoms with Crippen LogP contribution in [0.3, 0.4) is 0 Å². The molecule has 2 aliphatic rings. The molecule has 8 nitrogen and oxygen atoms in total. The highest BCUT2D eigenvalue weighted by Gasteiger charge is 2.29. The fraction of sp³-hybridized carbons (Fsp3) is 0.609. The van der Waals surface area contributed by atoms with Gasteiger partial charge in [-0.15, -0.1) is 0 Å². The minimum absolute atomic E-state index is 0.159. The van der Waals surface area contributed by atoms with Crippen LogP contribution < -0.4 is 10.6 Å². The third-order valence-corrected chi connectivity index (χ3v) is 6.13. The van der Waals surface area contributed by atoms with Crippen LogP contribution in [0.15, 0.2) is 35.3 Å². The van der Waals surface area contributed by atoms with Gasteiger partial charge in [-0.2, -0.15) is 0 Å². The van der Waals surface area contributed by atoms with Gasteiger partial charge < -0.3 is 20.4 Å². The van der Waals surface area contributed by atoms with Crippen LogP contribution in [0.5, 0.6) is 0 Å².